The van der Waals surface area contributed by atoms with Crippen LogP contribution in [0.1, 0.15) is 12.2 Å². The summed E-state index contributed by atoms with van der Waals surface area (Å²) in [6.07, 6.45) is 1.04. The van der Waals surface area contributed by atoms with Crippen molar-refractivity contribution in [1.82, 2.24) is 5.32 Å². The van der Waals surface area contributed by atoms with Gasteiger partial charge in [0.25, 0.3) is 0 Å². The molecule has 2 aromatic rings. The molecule has 0 unspecified atom stereocenters. The zero-order chi connectivity index (χ0) is 13.7. The van der Waals surface area contributed by atoms with Gasteiger partial charge in [-0.25, -0.2) is 0 Å². The zero-order valence-corrected chi connectivity index (χ0v) is 11.1. The molecule has 0 saturated carbocycles. The number of furan rings is 1. The van der Waals surface area contributed by atoms with Gasteiger partial charge in [0.1, 0.15) is 17.3 Å². The number of carbonyl (C=O) groups is 1. The van der Waals surface area contributed by atoms with Gasteiger partial charge >= 0.3 is 0 Å². The number of ether oxygens (including phenoxy) is 1. The molecule has 4 nitrogen and oxygen atoms in total. The van der Waals surface area contributed by atoms with Crippen molar-refractivity contribution in [2.75, 3.05) is 14.2 Å². The summed E-state index contributed by atoms with van der Waals surface area (Å²) in [5.41, 5.74) is 0.993. The van der Waals surface area contributed by atoms with Crippen molar-refractivity contribution in [2.45, 2.75) is 12.8 Å². The topological polar surface area (TPSA) is 51.5 Å². The third-order valence-electron chi connectivity index (χ3n) is 2.91. The van der Waals surface area contributed by atoms with Crippen LogP contribution >= 0.6 is 0 Å². The van der Waals surface area contributed by atoms with Gasteiger partial charge in [0.15, 0.2) is 0 Å². The minimum atomic E-state index is 0.0161. The average Bonchev–Trinajstić information content (AvgIpc) is 2.93. The number of rotatable bonds is 5. The van der Waals surface area contributed by atoms with E-state index in [9.17, 15) is 4.79 Å². The van der Waals surface area contributed by atoms with Gasteiger partial charge in [-0.15, -0.1) is 0 Å². The van der Waals surface area contributed by atoms with E-state index in [2.05, 4.69) is 5.32 Å². The van der Waals surface area contributed by atoms with Crippen LogP contribution in [0.3, 0.4) is 0 Å². The Bertz CT molecular complexity index is 543. The first-order chi connectivity index (χ1) is 9.22. The third kappa shape index (κ3) is 3.37. The Balaban J connectivity index is 2.05. The van der Waals surface area contributed by atoms with Crippen LogP contribution in [0.4, 0.5) is 0 Å². The summed E-state index contributed by atoms with van der Waals surface area (Å²) >= 11 is 0. The molecule has 2 rings (SSSR count). The second-order valence-corrected chi connectivity index (χ2v) is 4.17. The molecule has 0 atom stereocenters. The summed E-state index contributed by atoms with van der Waals surface area (Å²) in [4.78, 5) is 11.2. The normalized spacial score (nSPS) is 10.2. The molecule has 19 heavy (non-hydrogen) atoms. The van der Waals surface area contributed by atoms with Crippen LogP contribution in [0.15, 0.2) is 40.8 Å². The van der Waals surface area contributed by atoms with Crippen molar-refractivity contribution in [3.05, 3.63) is 42.2 Å². The molecule has 0 saturated heterocycles. The van der Waals surface area contributed by atoms with Crippen molar-refractivity contribution in [3.63, 3.8) is 0 Å². The van der Waals surface area contributed by atoms with Gasteiger partial charge in [-0.2, -0.15) is 0 Å². The van der Waals surface area contributed by atoms with Crippen LogP contribution in [0.25, 0.3) is 11.3 Å². The molecule has 0 aliphatic heterocycles. The molecular weight excluding hydrogens is 242 g/mol. The van der Waals surface area contributed by atoms with Crippen LogP contribution in [0, 0.1) is 0 Å². The third-order valence-corrected chi connectivity index (χ3v) is 2.91. The van der Waals surface area contributed by atoms with E-state index in [1.165, 1.54) is 0 Å². The first-order valence-electron chi connectivity index (χ1n) is 6.16. The fourth-order valence-corrected chi connectivity index (χ4v) is 1.78. The second-order valence-electron chi connectivity index (χ2n) is 4.17. The minimum Gasteiger partial charge on any atom is -0.497 e. The fourth-order valence-electron chi connectivity index (χ4n) is 1.78. The number of nitrogens with one attached hydrogen (secondary N) is 1. The molecule has 100 valence electrons. The van der Waals surface area contributed by atoms with Crippen molar-refractivity contribution in [2.24, 2.45) is 0 Å². The van der Waals surface area contributed by atoms with Crippen LogP contribution in [-0.2, 0) is 11.2 Å². The van der Waals surface area contributed by atoms with Gasteiger partial charge in [0.05, 0.1) is 7.11 Å². The molecule has 0 bridgehead atoms. The molecule has 1 N–H and O–H groups in total. The molecule has 0 spiro atoms. The first kappa shape index (κ1) is 13.2. The molecule has 4 heteroatoms. The van der Waals surface area contributed by atoms with Crippen molar-refractivity contribution >= 4 is 5.91 Å². The highest BCUT2D eigenvalue weighted by molar-refractivity contribution is 5.75. The second kappa shape index (κ2) is 6.09. The highest BCUT2D eigenvalue weighted by Gasteiger charge is 2.06. The maximum atomic E-state index is 11.2. The summed E-state index contributed by atoms with van der Waals surface area (Å²) in [5, 5.41) is 2.59. The lowest BCUT2D eigenvalue weighted by molar-refractivity contribution is -0.120. The Kier molecular flexibility index (Phi) is 4.23. The lowest BCUT2D eigenvalue weighted by Gasteiger charge is -2.01. The van der Waals surface area contributed by atoms with Crippen molar-refractivity contribution in [3.8, 4) is 17.1 Å². The summed E-state index contributed by atoms with van der Waals surface area (Å²) in [6.45, 7) is 0. The van der Waals surface area contributed by atoms with Gasteiger partial charge in [0.2, 0.25) is 5.91 Å². The molecule has 1 amide bonds. The number of aryl methyl sites for hydroxylation is 1. The van der Waals surface area contributed by atoms with Crippen molar-refractivity contribution in [1.29, 1.82) is 0 Å². The minimum absolute atomic E-state index is 0.0161. The van der Waals surface area contributed by atoms with E-state index in [-0.39, 0.29) is 5.91 Å². The lowest BCUT2D eigenvalue weighted by Crippen LogP contribution is -2.17. The van der Waals surface area contributed by atoms with Gasteiger partial charge in [-0.3, -0.25) is 4.79 Å². The van der Waals surface area contributed by atoms with E-state index in [1.54, 1.807) is 14.2 Å². The SMILES string of the molecule is CNC(=O)CCc1ccc(-c2ccc(OC)cc2)o1. The van der Waals surface area contributed by atoms with Crippen LogP contribution < -0.4 is 10.1 Å². The predicted molar refractivity (Wildman–Crippen MR) is 73.1 cm³/mol. The number of hydrogen-bond acceptors (Lipinski definition) is 3. The summed E-state index contributed by atoms with van der Waals surface area (Å²) < 4.78 is 10.8. The van der Waals surface area contributed by atoms with E-state index in [0.29, 0.717) is 12.8 Å². The first-order valence-corrected chi connectivity index (χ1v) is 6.16. The number of amides is 1. The summed E-state index contributed by atoms with van der Waals surface area (Å²) in [6, 6.07) is 11.5. The largest absolute Gasteiger partial charge is 0.497 e. The Morgan fingerprint density at radius 1 is 1.21 bits per heavy atom. The van der Waals surface area contributed by atoms with E-state index < -0.39 is 0 Å². The average molecular weight is 259 g/mol. The number of hydrogen-bond donors (Lipinski definition) is 1. The monoisotopic (exact) mass is 259 g/mol. The highest BCUT2D eigenvalue weighted by atomic mass is 16.5. The van der Waals surface area contributed by atoms with Gasteiger partial charge < -0.3 is 14.5 Å². The van der Waals surface area contributed by atoms with Crippen molar-refractivity contribution < 1.29 is 13.9 Å². The maximum absolute atomic E-state index is 11.2. The molecule has 1 aromatic heterocycles. The standard InChI is InChI=1S/C15H17NO3/c1-16-15(17)10-8-13-7-9-14(19-13)11-3-5-12(18-2)6-4-11/h3-7,9H,8,10H2,1-2H3,(H,16,17). The lowest BCUT2D eigenvalue weighted by atomic mass is 10.2. The van der Waals surface area contributed by atoms with Gasteiger partial charge in [0, 0.05) is 25.5 Å². The summed E-state index contributed by atoms with van der Waals surface area (Å²) in [5.74, 6) is 2.45. The quantitative estimate of drug-likeness (QED) is 0.898. The molecular formula is C15H17NO3. The number of benzene rings is 1. The van der Waals surface area contributed by atoms with E-state index in [1.807, 2.05) is 36.4 Å². The predicted octanol–water partition coefficient (Wildman–Crippen LogP) is 2.63. The molecule has 0 aliphatic carbocycles. The molecule has 0 radical (unpaired) electrons. The van der Waals surface area contributed by atoms with Gasteiger partial charge in [-0.05, 0) is 36.4 Å². The number of methoxy groups -OCH3 is 1. The van der Waals surface area contributed by atoms with E-state index in [0.717, 1.165) is 22.8 Å². The Morgan fingerprint density at radius 2 is 1.95 bits per heavy atom. The smallest absolute Gasteiger partial charge is 0.220 e. The van der Waals surface area contributed by atoms with E-state index >= 15 is 0 Å². The summed E-state index contributed by atoms with van der Waals surface area (Å²) in [7, 11) is 3.27. The maximum Gasteiger partial charge on any atom is 0.220 e. The fraction of sp³-hybridized carbons (Fsp3) is 0.267. The molecule has 0 fully saturated rings. The van der Waals surface area contributed by atoms with Crippen LogP contribution in [0.2, 0.25) is 0 Å². The van der Waals surface area contributed by atoms with Crippen LogP contribution in [0.5, 0.6) is 5.75 Å². The zero-order valence-electron chi connectivity index (χ0n) is 11.1. The highest BCUT2D eigenvalue weighted by Crippen LogP contribution is 2.24. The number of carbonyl (C=O) groups excluding carboxylic acids is 1. The molecule has 1 aromatic carbocycles. The Morgan fingerprint density at radius 3 is 2.58 bits per heavy atom. The van der Waals surface area contributed by atoms with Crippen LogP contribution in [-0.4, -0.2) is 20.1 Å². The molecule has 1 heterocycles. The Labute approximate surface area is 112 Å². The van der Waals surface area contributed by atoms with E-state index in [4.69, 9.17) is 9.15 Å². The Hall–Kier alpha value is -2.23. The molecule has 0 aliphatic rings. The van der Waals surface area contributed by atoms with Gasteiger partial charge in [-0.1, -0.05) is 0 Å².